The summed E-state index contributed by atoms with van der Waals surface area (Å²) in [4.78, 5) is 19.9. The third-order valence-corrected chi connectivity index (χ3v) is 5.82. The Bertz CT molecular complexity index is 1250. The number of aromatic nitrogens is 2. The molecule has 0 saturated carbocycles. The lowest BCUT2D eigenvalue weighted by Crippen LogP contribution is -2.37. The van der Waals surface area contributed by atoms with Crippen LogP contribution in [0.2, 0.25) is 0 Å². The predicted octanol–water partition coefficient (Wildman–Crippen LogP) is 3.08. The van der Waals surface area contributed by atoms with Gasteiger partial charge < -0.3 is 9.84 Å². The van der Waals surface area contributed by atoms with Crippen LogP contribution in [0.4, 0.5) is 15.9 Å². The molecule has 0 fully saturated rings. The standard InChI is InChI=1S/C20H13FN4O4S/c21-14-8-11(6-7-16(14)29-12-4-2-1-3-5-12)25-19-17-15(22-10-23-19)9-13(20(26)27)18(17)24-30(25)28/h1-8,10,24H,9H2,(H,26,27). The third kappa shape index (κ3) is 2.89. The first-order valence-corrected chi connectivity index (χ1v) is 9.95. The Morgan fingerprint density at radius 1 is 1.20 bits per heavy atom. The number of carboxylic acids is 1. The van der Waals surface area contributed by atoms with E-state index in [9.17, 15) is 18.5 Å². The monoisotopic (exact) mass is 424 g/mol. The number of benzene rings is 2. The molecule has 2 aromatic carbocycles. The van der Waals surface area contributed by atoms with Crippen LogP contribution in [0.25, 0.3) is 5.70 Å². The maximum absolute atomic E-state index is 14.7. The van der Waals surface area contributed by atoms with Crippen LogP contribution < -0.4 is 13.8 Å². The summed E-state index contributed by atoms with van der Waals surface area (Å²) in [5, 5.41) is 9.44. The number of rotatable bonds is 4. The molecule has 30 heavy (non-hydrogen) atoms. The van der Waals surface area contributed by atoms with Gasteiger partial charge in [-0.3, -0.25) is 4.72 Å². The Morgan fingerprint density at radius 3 is 2.73 bits per heavy atom. The lowest BCUT2D eigenvalue weighted by molar-refractivity contribution is -0.132. The SMILES string of the molecule is O=C(O)C1=C2NS(=O)N(c3ccc(Oc4ccccc4)c(F)c3)c3ncnc(c32)C1. The second-order valence-corrected chi connectivity index (χ2v) is 7.60. The molecule has 5 rings (SSSR count). The van der Waals surface area contributed by atoms with Gasteiger partial charge in [-0.25, -0.2) is 27.7 Å². The summed E-state index contributed by atoms with van der Waals surface area (Å²) in [6, 6.07) is 13.0. The van der Waals surface area contributed by atoms with Gasteiger partial charge in [-0.15, -0.1) is 0 Å². The minimum atomic E-state index is -1.91. The highest BCUT2D eigenvalue weighted by atomic mass is 32.2. The van der Waals surface area contributed by atoms with Crippen LogP contribution in [-0.4, -0.2) is 25.3 Å². The van der Waals surface area contributed by atoms with Crippen molar-refractivity contribution in [2.24, 2.45) is 0 Å². The Morgan fingerprint density at radius 2 is 2.00 bits per heavy atom. The van der Waals surface area contributed by atoms with E-state index >= 15 is 0 Å². The molecular formula is C20H13FN4O4S. The summed E-state index contributed by atoms with van der Waals surface area (Å²) in [7, 11) is 0. The number of halogens is 1. The first kappa shape index (κ1) is 18.3. The number of hydrogen-bond donors (Lipinski definition) is 2. The molecule has 1 aliphatic heterocycles. The number of carboxylic acid groups (broad SMARTS) is 1. The van der Waals surface area contributed by atoms with E-state index in [-0.39, 0.29) is 34.9 Å². The van der Waals surface area contributed by atoms with Crippen molar-refractivity contribution in [1.82, 2.24) is 14.7 Å². The highest BCUT2D eigenvalue weighted by molar-refractivity contribution is 7.85. The highest BCUT2D eigenvalue weighted by Gasteiger charge is 2.39. The maximum atomic E-state index is 14.7. The van der Waals surface area contributed by atoms with E-state index in [1.165, 1.54) is 22.8 Å². The van der Waals surface area contributed by atoms with E-state index < -0.39 is 23.0 Å². The number of nitrogens with zero attached hydrogens (tertiary/aromatic N) is 3. The van der Waals surface area contributed by atoms with E-state index in [1.54, 1.807) is 30.3 Å². The Kier molecular flexibility index (Phi) is 4.21. The number of para-hydroxylation sites is 1. The van der Waals surface area contributed by atoms with Crippen molar-refractivity contribution in [2.75, 3.05) is 4.31 Å². The molecule has 8 nitrogen and oxygen atoms in total. The quantitative estimate of drug-likeness (QED) is 0.667. The zero-order valence-corrected chi connectivity index (χ0v) is 16.0. The van der Waals surface area contributed by atoms with Crippen molar-refractivity contribution in [2.45, 2.75) is 6.42 Å². The van der Waals surface area contributed by atoms with Crippen LogP contribution in [0.15, 0.2) is 60.4 Å². The smallest absolute Gasteiger partial charge is 0.334 e. The lowest BCUT2D eigenvalue weighted by Gasteiger charge is -2.30. The first-order valence-electron chi connectivity index (χ1n) is 8.84. The summed E-state index contributed by atoms with van der Waals surface area (Å²) in [6.07, 6.45) is 1.36. The normalized spacial score (nSPS) is 16.8. The summed E-state index contributed by atoms with van der Waals surface area (Å²) in [6.45, 7) is 0. The van der Waals surface area contributed by atoms with Crippen LogP contribution in [0.3, 0.4) is 0 Å². The van der Waals surface area contributed by atoms with Crippen molar-refractivity contribution in [3.8, 4) is 11.5 Å². The fourth-order valence-electron chi connectivity index (χ4n) is 3.40. The van der Waals surface area contributed by atoms with Crippen molar-refractivity contribution in [3.05, 3.63) is 77.5 Å². The molecule has 0 spiro atoms. The average Bonchev–Trinajstić information content (AvgIpc) is 3.11. The summed E-state index contributed by atoms with van der Waals surface area (Å²) < 4.78 is 37.2. The molecule has 2 N–H and O–H groups in total. The van der Waals surface area contributed by atoms with Gasteiger partial charge in [0.15, 0.2) is 17.4 Å². The molecule has 2 heterocycles. The molecule has 0 radical (unpaired) electrons. The summed E-state index contributed by atoms with van der Waals surface area (Å²) in [5.41, 5.74) is 1.53. The zero-order valence-electron chi connectivity index (χ0n) is 15.2. The average molecular weight is 424 g/mol. The topological polar surface area (TPSA) is 105 Å². The van der Waals surface area contributed by atoms with Gasteiger partial charge in [0.05, 0.1) is 28.2 Å². The molecule has 0 amide bonds. The van der Waals surface area contributed by atoms with Gasteiger partial charge in [0.1, 0.15) is 12.1 Å². The molecule has 0 saturated heterocycles. The van der Waals surface area contributed by atoms with Gasteiger partial charge in [-0.1, -0.05) is 18.2 Å². The fraction of sp³-hybridized carbons (Fsp3) is 0.0500. The Hall–Kier alpha value is -3.79. The van der Waals surface area contributed by atoms with Gasteiger partial charge in [0.25, 0.3) is 0 Å². The Balaban J connectivity index is 1.55. The van der Waals surface area contributed by atoms with Gasteiger partial charge in [0.2, 0.25) is 11.2 Å². The van der Waals surface area contributed by atoms with Crippen molar-refractivity contribution >= 4 is 34.3 Å². The third-order valence-electron chi connectivity index (χ3n) is 4.73. The number of anilines is 2. The van der Waals surface area contributed by atoms with Crippen molar-refractivity contribution < 1.29 is 23.2 Å². The van der Waals surface area contributed by atoms with E-state index in [2.05, 4.69) is 14.7 Å². The molecule has 1 atom stereocenters. The van der Waals surface area contributed by atoms with Gasteiger partial charge in [0, 0.05) is 12.5 Å². The van der Waals surface area contributed by atoms with Gasteiger partial charge >= 0.3 is 5.97 Å². The van der Waals surface area contributed by atoms with E-state index in [1.807, 2.05) is 6.07 Å². The summed E-state index contributed by atoms with van der Waals surface area (Å²) >= 11 is -1.91. The van der Waals surface area contributed by atoms with Crippen LogP contribution in [0.5, 0.6) is 11.5 Å². The van der Waals surface area contributed by atoms with E-state index in [0.717, 1.165) is 0 Å². The molecule has 2 aliphatic rings. The largest absolute Gasteiger partial charge is 0.478 e. The zero-order chi connectivity index (χ0) is 20.8. The number of aliphatic carboxylic acids is 1. The molecule has 10 heteroatoms. The molecule has 1 aromatic heterocycles. The minimum Gasteiger partial charge on any atom is -0.478 e. The van der Waals surface area contributed by atoms with Gasteiger partial charge in [-0.05, 0) is 24.3 Å². The molecule has 0 bridgehead atoms. The number of nitrogens with one attached hydrogen (secondary N) is 1. The van der Waals surface area contributed by atoms with E-state index in [0.29, 0.717) is 17.0 Å². The number of carbonyl (C=O) groups is 1. The van der Waals surface area contributed by atoms with Gasteiger partial charge in [-0.2, -0.15) is 0 Å². The van der Waals surface area contributed by atoms with Crippen molar-refractivity contribution in [3.63, 3.8) is 0 Å². The molecular weight excluding hydrogens is 411 g/mol. The predicted molar refractivity (Wildman–Crippen MR) is 107 cm³/mol. The van der Waals surface area contributed by atoms with Crippen LogP contribution in [-0.2, 0) is 22.4 Å². The second-order valence-electron chi connectivity index (χ2n) is 6.53. The lowest BCUT2D eigenvalue weighted by atomic mass is 10.2. The number of ether oxygens (including phenoxy) is 1. The summed E-state index contributed by atoms with van der Waals surface area (Å²) in [5.74, 6) is -1.02. The molecule has 150 valence electrons. The van der Waals surface area contributed by atoms with Crippen LogP contribution in [0.1, 0.15) is 11.3 Å². The first-order chi connectivity index (χ1) is 14.5. The highest BCUT2D eigenvalue weighted by Crippen LogP contribution is 2.42. The molecule has 3 aromatic rings. The Labute approximate surface area is 172 Å². The molecule has 1 aliphatic carbocycles. The number of hydrogen-bond acceptors (Lipinski definition) is 5. The minimum absolute atomic E-state index is 0.0161. The van der Waals surface area contributed by atoms with Crippen molar-refractivity contribution in [1.29, 1.82) is 0 Å². The van der Waals surface area contributed by atoms with Crippen LogP contribution in [0, 0.1) is 5.82 Å². The van der Waals surface area contributed by atoms with Crippen LogP contribution >= 0.6 is 0 Å². The fourth-order valence-corrected chi connectivity index (χ4v) is 4.49. The molecule has 1 unspecified atom stereocenters. The van der Waals surface area contributed by atoms with E-state index in [4.69, 9.17) is 4.74 Å². The second kappa shape index (κ2) is 6.92. The maximum Gasteiger partial charge on any atom is 0.334 e.